The number of fused-ring (bicyclic) bond motifs is 1. The molecule has 138 valence electrons. The average Bonchev–Trinajstić information content (AvgIpc) is 2.71. The molecule has 0 aromatic carbocycles. The van der Waals surface area contributed by atoms with Gasteiger partial charge in [-0.3, -0.25) is 4.79 Å². The maximum Gasteiger partial charge on any atom is 0.254 e. The van der Waals surface area contributed by atoms with Crippen LogP contribution in [-0.4, -0.2) is 31.5 Å². The quantitative estimate of drug-likeness (QED) is 0.770. The van der Waals surface area contributed by atoms with Gasteiger partial charge in [0.15, 0.2) is 0 Å². The maximum absolute atomic E-state index is 12.0. The molecule has 27 heavy (non-hydrogen) atoms. The van der Waals surface area contributed by atoms with E-state index in [4.69, 9.17) is 0 Å². The van der Waals surface area contributed by atoms with Gasteiger partial charge in [-0.1, -0.05) is 6.92 Å². The van der Waals surface area contributed by atoms with Crippen molar-refractivity contribution >= 4 is 5.82 Å². The van der Waals surface area contributed by atoms with Crippen LogP contribution in [0.4, 0.5) is 5.82 Å². The monoisotopic (exact) mass is 362 g/mol. The van der Waals surface area contributed by atoms with Crippen molar-refractivity contribution in [3.63, 3.8) is 0 Å². The van der Waals surface area contributed by atoms with Crippen LogP contribution in [0.2, 0.25) is 0 Å². The fourth-order valence-electron chi connectivity index (χ4n) is 3.21. The molecule has 7 nitrogen and oxygen atoms in total. The third-order valence-corrected chi connectivity index (χ3v) is 5.05. The molecule has 0 radical (unpaired) electrons. The zero-order chi connectivity index (χ0) is 19.0. The number of hydrogen-bond acceptors (Lipinski definition) is 6. The van der Waals surface area contributed by atoms with Crippen LogP contribution in [0.25, 0.3) is 11.4 Å². The van der Waals surface area contributed by atoms with Gasteiger partial charge in [0.2, 0.25) is 0 Å². The zero-order valence-electron chi connectivity index (χ0n) is 15.8. The lowest BCUT2D eigenvalue weighted by atomic mass is 10.1. The van der Waals surface area contributed by atoms with Crippen LogP contribution in [0, 0.1) is 13.8 Å². The first-order chi connectivity index (χ1) is 13.0. The number of H-pyrrole nitrogens is 1. The summed E-state index contributed by atoms with van der Waals surface area (Å²) in [4.78, 5) is 35.1. The van der Waals surface area contributed by atoms with Crippen LogP contribution in [0.5, 0.6) is 0 Å². The Labute approximate surface area is 157 Å². The fraction of sp³-hybridized carbons (Fsp3) is 0.350. The molecule has 3 aromatic rings. The minimum Gasteiger partial charge on any atom is -0.350 e. The molecule has 0 atom stereocenters. The molecule has 0 fully saturated rings. The van der Waals surface area contributed by atoms with Crippen molar-refractivity contribution in [2.24, 2.45) is 0 Å². The van der Waals surface area contributed by atoms with Gasteiger partial charge in [0.25, 0.3) is 5.56 Å². The van der Waals surface area contributed by atoms with Gasteiger partial charge in [-0.25, -0.2) is 19.9 Å². The highest BCUT2D eigenvalue weighted by atomic mass is 16.1. The van der Waals surface area contributed by atoms with Crippen LogP contribution >= 0.6 is 0 Å². The second kappa shape index (κ2) is 6.90. The maximum atomic E-state index is 12.0. The predicted octanol–water partition coefficient (Wildman–Crippen LogP) is 2.36. The summed E-state index contributed by atoms with van der Waals surface area (Å²) in [6.07, 6.45) is 5.46. The molecule has 3 aromatic heterocycles. The Kier molecular flexibility index (Phi) is 4.43. The van der Waals surface area contributed by atoms with Gasteiger partial charge < -0.3 is 9.88 Å². The highest BCUT2D eigenvalue weighted by Gasteiger charge is 2.19. The van der Waals surface area contributed by atoms with E-state index >= 15 is 0 Å². The molecule has 0 saturated carbocycles. The molecule has 7 heteroatoms. The van der Waals surface area contributed by atoms with E-state index in [2.05, 4.69) is 36.7 Å². The lowest BCUT2D eigenvalue weighted by molar-refractivity contribution is 0.685. The Hall–Kier alpha value is -3.09. The molecule has 1 aliphatic heterocycles. The minimum absolute atomic E-state index is 0.111. The van der Waals surface area contributed by atoms with Crippen molar-refractivity contribution in [2.45, 2.75) is 40.2 Å². The van der Waals surface area contributed by atoms with Crippen LogP contribution in [0.15, 0.2) is 29.3 Å². The molecule has 1 aliphatic rings. The Morgan fingerprint density at radius 2 is 2.00 bits per heavy atom. The number of pyridine rings is 1. The number of aromatic amines is 1. The normalized spacial score (nSPS) is 13.5. The second-order valence-electron chi connectivity index (χ2n) is 6.81. The summed E-state index contributed by atoms with van der Waals surface area (Å²) in [7, 11) is 0. The average molecular weight is 362 g/mol. The number of nitrogens with one attached hydrogen (secondary N) is 1. The summed E-state index contributed by atoms with van der Waals surface area (Å²) in [6.45, 7) is 7.29. The second-order valence-corrected chi connectivity index (χ2v) is 6.81. The van der Waals surface area contributed by atoms with E-state index in [-0.39, 0.29) is 5.56 Å². The Bertz CT molecular complexity index is 1040. The van der Waals surface area contributed by atoms with Gasteiger partial charge in [0.05, 0.1) is 12.2 Å². The molecule has 4 heterocycles. The number of hydrogen-bond donors (Lipinski definition) is 1. The minimum atomic E-state index is -0.111. The third-order valence-electron chi connectivity index (χ3n) is 5.05. The summed E-state index contributed by atoms with van der Waals surface area (Å²) in [5, 5.41) is 0. The molecule has 0 saturated heterocycles. The summed E-state index contributed by atoms with van der Waals surface area (Å²) < 4.78 is 0. The van der Waals surface area contributed by atoms with E-state index in [0.29, 0.717) is 11.4 Å². The van der Waals surface area contributed by atoms with E-state index in [1.165, 1.54) is 5.56 Å². The number of rotatable bonds is 3. The van der Waals surface area contributed by atoms with E-state index in [1.807, 2.05) is 25.3 Å². The zero-order valence-corrected chi connectivity index (χ0v) is 15.8. The van der Waals surface area contributed by atoms with E-state index in [9.17, 15) is 4.79 Å². The fourth-order valence-corrected chi connectivity index (χ4v) is 3.21. The van der Waals surface area contributed by atoms with E-state index in [0.717, 1.165) is 54.5 Å². The van der Waals surface area contributed by atoms with Gasteiger partial charge >= 0.3 is 0 Å². The van der Waals surface area contributed by atoms with Crippen molar-refractivity contribution in [2.75, 3.05) is 11.4 Å². The molecular formula is C20H22N6O. The molecule has 0 aliphatic carbocycles. The van der Waals surface area contributed by atoms with Crippen molar-refractivity contribution in [3.05, 3.63) is 63.2 Å². The largest absolute Gasteiger partial charge is 0.350 e. The summed E-state index contributed by atoms with van der Waals surface area (Å²) in [5.41, 5.74) is 4.37. The number of nitrogens with zero attached hydrogens (tertiary/aromatic N) is 5. The van der Waals surface area contributed by atoms with Crippen LogP contribution in [0.1, 0.15) is 35.3 Å². The van der Waals surface area contributed by atoms with Crippen LogP contribution in [0.3, 0.4) is 0 Å². The Balaban J connectivity index is 1.58. The predicted molar refractivity (Wildman–Crippen MR) is 104 cm³/mol. The first kappa shape index (κ1) is 17.3. The number of aryl methyl sites for hydroxylation is 2. The number of anilines is 1. The van der Waals surface area contributed by atoms with Gasteiger partial charge in [0.1, 0.15) is 17.5 Å². The first-order valence-corrected chi connectivity index (χ1v) is 9.17. The molecule has 0 amide bonds. The van der Waals surface area contributed by atoms with Gasteiger partial charge in [0, 0.05) is 42.2 Å². The molecule has 4 rings (SSSR count). The lowest BCUT2D eigenvalue weighted by Crippen LogP contribution is -2.32. The van der Waals surface area contributed by atoms with E-state index < -0.39 is 0 Å². The smallest absolute Gasteiger partial charge is 0.254 e. The SMILES string of the molecule is CCc1ncc2c(n1)CN(c1ccc(-c3nc(C)c(C)c(=O)[nH]3)cn1)CC2. The molecule has 0 bridgehead atoms. The standard InChI is InChI=1S/C20H22N6O/c1-4-17-21-9-14-7-8-26(11-16(14)24-17)18-6-5-15(10-22-18)19-23-13(3)12(2)20(27)25-19/h5-6,9-10H,4,7-8,11H2,1-3H3,(H,23,25,27). The Morgan fingerprint density at radius 1 is 1.15 bits per heavy atom. The third kappa shape index (κ3) is 3.32. The molecule has 0 spiro atoms. The molecule has 0 unspecified atom stereocenters. The van der Waals surface area contributed by atoms with Crippen molar-refractivity contribution < 1.29 is 0 Å². The summed E-state index contributed by atoms with van der Waals surface area (Å²) in [5.74, 6) is 2.32. The topological polar surface area (TPSA) is 87.7 Å². The highest BCUT2D eigenvalue weighted by Crippen LogP contribution is 2.23. The molecule has 1 N–H and O–H groups in total. The van der Waals surface area contributed by atoms with Gasteiger partial charge in [-0.05, 0) is 38.0 Å². The Morgan fingerprint density at radius 3 is 2.70 bits per heavy atom. The first-order valence-electron chi connectivity index (χ1n) is 9.17. The van der Waals surface area contributed by atoms with Crippen molar-refractivity contribution in [3.8, 4) is 11.4 Å². The van der Waals surface area contributed by atoms with E-state index in [1.54, 1.807) is 13.1 Å². The summed E-state index contributed by atoms with van der Waals surface area (Å²) in [6, 6.07) is 3.92. The van der Waals surface area contributed by atoms with Crippen molar-refractivity contribution in [1.82, 2.24) is 24.9 Å². The lowest BCUT2D eigenvalue weighted by Gasteiger charge is -2.29. The molecular weight excluding hydrogens is 340 g/mol. The van der Waals surface area contributed by atoms with Crippen LogP contribution < -0.4 is 10.5 Å². The highest BCUT2D eigenvalue weighted by molar-refractivity contribution is 5.57. The van der Waals surface area contributed by atoms with Gasteiger partial charge in [-0.15, -0.1) is 0 Å². The number of aromatic nitrogens is 5. The van der Waals surface area contributed by atoms with Gasteiger partial charge in [-0.2, -0.15) is 0 Å². The van der Waals surface area contributed by atoms with Crippen molar-refractivity contribution in [1.29, 1.82) is 0 Å². The van der Waals surface area contributed by atoms with Crippen LogP contribution in [-0.2, 0) is 19.4 Å². The summed E-state index contributed by atoms with van der Waals surface area (Å²) >= 11 is 0.